The molecular weight excluding hydrogens is 320 g/mol. The summed E-state index contributed by atoms with van der Waals surface area (Å²) in [4.78, 5) is 12.9. The van der Waals surface area contributed by atoms with Crippen LogP contribution in [0.1, 0.15) is 42.2 Å². The number of ether oxygens (including phenoxy) is 1. The van der Waals surface area contributed by atoms with Gasteiger partial charge in [-0.3, -0.25) is 4.79 Å². The maximum Gasteiger partial charge on any atom is 0.272 e. The number of methoxy groups -OCH3 is 1. The molecule has 1 saturated carbocycles. The Morgan fingerprint density at radius 1 is 1.21 bits per heavy atom. The molecule has 0 radical (unpaired) electrons. The normalized spacial score (nSPS) is 15.0. The van der Waals surface area contributed by atoms with Gasteiger partial charge in [0.05, 0.1) is 17.3 Å². The Bertz CT molecular complexity index is 857. The van der Waals surface area contributed by atoms with Gasteiger partial charge in [0.2, 0.25) is 0 Å². The summed E-state index contributed by atoms with van der Waals surface area (Å²) in [5, 5.41) is 5.11. The Balaban J connectivity index is 1.65. The summed E-state index contributed by atoms with van der Waals surface area (Å²) < 4.78 is 8.59. The van der Waals surface area contributed by atoms with Crippen molar-refractivity contribution in [2.24, 2.45) is 0 Å². The number of aromatic nitrogens is 1. The number of thiophene rings is 1. The lowest BCUT2D eigenvalue weighted by atomic mass is 10.2. The van der Waals surface area contributed by atoms with Crippen molar-refractivity contribution >= 4 is 33.1 Å². The van der Waals surface area contributed by atoms with Crippen molar-refractivity contribution in [3.8, 4) is 5.75 Å². The lowest BCUT2D eigenvalue weighted by Gasteiger charge is -2.17. The SMILES string of the molecule is COc1ccc(NC(=O)c2cc3sccc3n2C2CCCC2)cc1. The van der Waals surface area contributed by atoms with Crippen molar-refractivity contribution in [3.05, 3.63) is 47.5 Å². The number of anilines is 1. The fraction of sp³-hybridized carbons (Fsp3) is 0.316. The van der Waals surface area contributed by atoms with Crippen LogP contribution in [-0.2, 0) is 0 Å². The molecule has 1 amide bonds. The van der Waals surface area contributed by atoms with Crippen LogP contribution in [-0.4, -0.2) is 17.6 Å². The molecule has 2 aromatic heterocycles. The fourth-order valence-corrected chi connectivity index (χ4v) is 4.36. The minimum absolute atomic E-state index is 0.0459. The third kappa shape index (κ3) is 2.69. The smallest absolute Gasteiger partial charge is 0.272 e. The molecular formula is C19H20N2O2S. The number of benzene rings is 1. The van der Waals surface area contributed by atoms with Gasteiger partial charge in [-0.1, -0.05) is 12.8 Å². The van der Waals surface area contributed by atoms with E-state index in [4.69, 9.17) is 4.74 Å². The second-order valence-corrected chi connectivity index (χ2v) is 7.14. The first kappa shape index (κ1) is 15.3. The van der Waals surface area contributed by atoms with Crippen molar-refractivity contribution in [3.63, 3.8) is 0 Å². The number of hydrogen-bond acceptors (Lipinski definition) is 3. The summed E-state index contributed by atoms with van der Waals surface area (Å²) >= 11 is 1.69. The molecule has 4 rings (SSSR count). The van der Waals surface area contributed by atoms with Crippen molar-refractivity contribution in [2.45, 2.75) is 31.7 Å². The van der Waals surface area contributed by atoms with E-state index in [1.54, 1.807) is 18.4 Å². The summed E-state index contributed by atoms with van der Waals surface area (Å²) in [6.45, 7) is 0. The molecule has 0 bridgehead atoms. The highest BCUT2D eigenvalue weighted by Gasteiger charge is 2.25. The minimum atomic E-state index is -0.0459. The van der Waals surface area contributed by atoms with Gasteiger partial charge >= 0.3 is 0 Å². The first-order chi connectivity index (χ1) is 11.8. The van der Waals surface area contributed by atoms with E-state index >= 15 is 0 Å². The van der Waals surface area contributed by atoms with Gasteiger partial charge in [0.25, 0.3) is 5.91 Å². The lowest BCUT2D eigenvalue weighted by Crippen LogP contribution is -2.19. The van der Waals surface area contributed by atoms with E-state index in [-0.39, 0.29) is 5.91 Å². The van der Waals surface area contributed by atoms with Gasteiger partial charge in [-0.2, -0.15) is 0 Å². The van der Waals surface area contributed by atoms with E-state index in [1.165, 1.54) is 23.1 Å². The second kappa shape index (κ2) is 6.32. The van der Waals surface area contributed by atoms with Crippen LogP contribution in [0.2, 0.25) is 0 Å². The van der Waals surface area contributed by atoms with Gasteiger partial charge in [0.1, 0.15) is 11.4 Å². The number of carbonyl (C=O) groups is 1. The Morgan fingerprint density at radius 3 is 2.67 bits per heavy atom. The first-order valence-electron chi connectivity index (χ1n) is 8.30. The monoisotopic (exact) mass is 340 g/mol. The van der Waals surface area contributed by atoms with E-state index in [0.717, 1.165) is 30.0 Å². The molecule has 1 aliphatic rings. The fourth-order valence-electron chi connectivity index (χ4n) is 3.55. The average molecular weight is 340 g/mol. The molecule has 0 unspecified atom stereocenters. The second-order valence-electron chi connectivity index (χ2n) is 6.19. The highest BCUT2D eigenvalue weighted by Crippen LogP contribution is 2.36. The average Bonchev–Trinajstić information content (AvgIpc) is 3.31. The van der Waals surface area contributed by atoms with E-state index in [0.29, 0.717) is 6.04 Å². The van der Waals surface area contributed by atoms with Crippen LogP contribution in [0.5, 0.6) is 5.75 Å². The van der Waals surface area contributed by atoms with Crippen LogP contribution >= 0.6 is 11.3 Å². The van der Waals surface area contributed by atoms with Crippen LogP contribution in [0.25, 0.3) is 10.2 Å². The number of rotatable bonds is 4. The minimum Gasteiger partial charge on any atom is -0.497 e. The van der Waals surface area contributed by atoms with Gasteiger partial charge in [-0.15, -0.1) is 11.3 Å². The molecule has 1 aromatic carbocycles. The van der Waals surface area contributed by atoms with E-state index in [2.05, 4.69) is 21.3 Å². The third-order valence-electron chi connectivity index (χ3n) is 4.73. The molecule has 4 nitrogen and oxygen atoms in total. The molecule has 5 heteroatoms. The van der Waals surface area contributed by atoms with Gasteiger partial charge in [-0.05, 0) is 54.6 Å². The number of fused-ring (bicyclic) bond motifs is 1. The molecule has 0 atom stereocenters. The standard InChI is InChI=1S/C19H20N2O2S/c1-23-15-8-6-13(7-9-15)20-19(22)17-12-18-16(10-11-24-18)21(17)14-4-2-3-5-14/h6-12,14H,2-5H2,1H3,(H,20,22). The van der Waals surface area contributed by atoms with Crippen molar-refractivity contribution < 1.29 is 9.53 Å². The zero-order valence-corrected chi connectivity index (χ0v) is 14.4. The van der Waals surface area contributed by atoms with Crippen molar-refractivity contribution in [2.75, 3.05) is 12.4 Å². The van der Waals surface area contributed by atoms with Crippen LogP contribution in [0.15, 0.2) is 41.8 Å². The first-order valence-corrected chi connectivity index (χ1v) is 9.18. The van der Waals surface area contributed by atoms with Crippen LogP contribution in [0.4, 0.5) is 5.69 Å². The molecule has 124 valence electrons. The Kier molecular flexibility index (Phi) is 4.02. The van der Waals surface area contributed by atoms with Gasteiger partial charge < -0.3 is 14.6 Å². The van der Waals surface area contributed by atoms with Crippen molar-refractivity contribution in [1.29, 1.82) is 0 Å². The summed E-state index contributed by atoms with van der Waals surface area (Å²) in [6.07, 6.45) is 4.80. The zero-order chi connectivity index (χ0) is 16.5. The highest BCUT2D eigenvalue weighted by atomic mass is 32.1. The number of nitrogens with zero attached hydrogens (tertiary/aromatic N) is 1. The van der Waals surface area contributed by atoms with Gasteiger partial charge in [-0.25, -0.2) is 0 Å². The Labute approximate surface area is 145 Å². The molecule has 0 saturated heterocycles. The Hall–Kier alpha value is -2.27. The summed E-state index contributed by atoms with van der Waals surface area (Å²) in [5.74, 6) is 0.735. The number of hydrogen-bond donors (Lipinski definition) is 1. The lowest BCUT2D eigenvalue weighted by molar-refractivity contribution is 0.101. The van der Waals surface area contributed by atoms with Crippen LogP contribution in [0, 0.1) is 0 Å². The summed E-state index contributed by atoms with van der Waals surface area (Å²) in [6, 6.07) is 12.0. The molecule has 3 aromatic rings. The summed E-state index contributed by atoms with van der Waals surface area (Å²) in [7, 11) is 1.63. The van der Waals surface area contributed by atoms with Crippen molar-refractivity contribution in [1.82, 2.24) is 4.57 Å². The molecule has 1 N–H and O–H groups in total. The molecule has 24 heavy (non-hydrogen) atoms. The molecule has 2 heterocycles. The largest absolute Gasteiger partial charge is 0.497 e. The van der Waals surface area contributed by atoms with E-state index < -0.39 is 0 Å². The highest BCUT2D eigenvalue weighted by molar-refractivity contribution is 7.17. The van der Waals surface area contributed by atoms with E-state index in [9.17, 15) is 4.79 Å². The summed E-state index contributed by atoms with van der Waals surface area (Å²) in [5.41, 5.74) is 2.73. The van der Waals surface area contributed by atoms with Crippen LogP contribution in [0.3, 0.4) is 0 Å². The maximum atomic E-state index is 12.9. The molecule has 1 aliphatic carbocycles. The van der Waals surface area contributed by atoms with Gasteiger partial charge in [0.15, 0.2) is 0 Å². The Morgan fingerprint density at radius 2 is 1.96 bits per heavy atom. The number of carbonyl (C=O) groups excluding carboxylic acids is 1. The number of nitrogens with one attached hydrogen (secondary N) is 1. The predicted molar refractivity (Wildman–Crippen MR) is 98.3 cm³/mol. The number of amides is 1. The molecule has 0 spiro atoms. The third-order valence-corrected chi connectivity index (χ3v) is 5.58. The zero-order valence-electron chi connectivity index (χ0n) is 13.6. The van der Waals surface area contributed by atoms with E-state index in [1.807, 2.05) is 30.3 Å². The maximum absolute atomic E-state index is 12.9. The predicted octanol–water partition coefficient (Wildman–Crippen LogP) is 5.08. The molecule has 0 aliphatic heterocycles. The topological polar surface area (TPSA) is 43.3 Å². The van der Waals surface area contributed by atoms with Gasteiger partial charge in [0, 0.05) is 11.7 Å². The molecule has 1 fully saturated rings. The van der Waals surface area contributed by atoms with Crippen LogP contribution < -0.4 is 10.1 Å². The quantitative estimate of drug-likeness (QED) is 0.720.